The third-order valence-corrected chi connectivity index (χ3v) is 1.63. The van der Waals surface area contributed by atoms with Gasteiger partial charge in [0.1, 0.15) is 0 Å². The van der Waals surface area contributed by atoms with Crippen LogP contribution in [0.25, 0.3) is 0 Å². The van der Waals surface area contributed by atoms with Gasteiger partial charge in [0.25, 0.3) is 11.7 Å². The van der Waals surface area contributed by atoms with Gasteiger partial charge in [-0.05, 0) is 12.1 Å². The molecule has 1 aliphatic rings. The SMILES string of the molecule is O.O.O=C1Nc2ccccc2C1=O. The van der Waals surface area contributed by atoms with Crippen molar-refractivity contribution in [2.45, 2.75) is 0 Å². The Balaban J connectivity index is 0.000000720. The van der Waals surface area contributed by atoms with Crippen LogP contribution in [0.1, 0.15) is 10.4 Å². The van der Waals surface area contributed by atoms with Gasteiger partial charge in [0.15, 0.2) is 0 Å². The number of hydrogen-bond donors (Lipinski definition) is 1. The summed E-state index contributed by atoms with van der Waals surface area (Å²) in [6, 6.07) is 6.85. The molecule has 5 N–H and O–H groups in total. The Hall–Kier alpha value is -1.72. The van der Waals surface area contributed by atoms with Crippen LogP contribution in [0.3, 0.4) is 0 Å². The average Bonchev–Trinajstić information content (AvgIpc) is 2.30. The lowest BCUT2D eigenvalue weighted by atomic mass is 10.1. The van der Waals surface area contributed by atoms with Gasteiger partial charge >= 0.3 is 0 Å². The molecule has 1 heterocycles. The quantitative estimate of drug-likeness (QED) is 0.529. The molecule has 1 aromatic rings. The van der Waals surface area contributed by atoms with Crippen molar-refractivity contribution in [1.82, 2.24) is 0 Å². The van der Waals surface area contributed by atoms with E-state index in [1.165, 1.54) is 0 Å². The largest absolute Gasteiger partial charge is 0.412 e. The normalized spacial score (nSPS) is 12.3. The number of carbonyl (C=O) groups excluding carboxylic acids is 2. The molecule has 0 bridgehead atoms. The number of carbonyl (C=O) groups is 2. The molecule has 0 unspecified atom stereocenters. The second kappa shape index (κ2) is 3.79. The minimum atomic E-state index is -0.536. The number of hydrogen-bond acceptors (Lipinski definition) is 2. The van der Waals surface area contributed by atoms with Crippen LogP contribution in [0.2, 0.25) is 0 Å². The van der Waals surface area contributed by atoms with Crippen LogP contribution in [0.15, 0.2) is 24.3 Å². The number of benzene rings is 1. The highest BCUT2D eigenvalue weighted by Gasteiger charge is 2.26. The molecule has 0 aromatic heterocycles. The van der Waals surface area contributed by atoms with Gasteiger partial charge < -0.3 is 16.3 Å². The van der Waals surface area contributed by atoms with E-state index in [1.54, 1.807) is 24.3 Å². The summed E-state index contributed by atoms with van der Waals surface area (Å²) >= 11 is 0. The van der Waals surface area contributed by atoms with E-state index in [9.17, 15) is 9.59 Å². The molecule has 0 aliphatic carbocycles. The standard InChI is InChI=1S/C8H5NO2.2H2O/c10-7-5-3-1-2-4-6(5)9-8(7)11;;/h1-4H,(H,9,10,11);2*1H2. The molecule has 1 amide bonds. The lowest BCUT2D eigenvalue weighted by molar-refractivity contribution is -0.112. The zero-order chi connectivity index (χ0) is 7.84. The summed E-state index contributed by atoms with van der Waals surface area (Å²) in [6.45, 7) is 0. The second-order valence-corrected chi connectivity index (χ2v) is 2.33. The predicted molar refractivity (Wildman–Crippen MR) is 46.6 cm³/mol. The van der Waals surface area contributed by atoms with Crippen molar-refractivity contribution in [3.63, 3.8) is 0 Å². The van der Waals surface area contributed by atoms with Gasteiger partial charge in [-0.3, -0.25) is 9.59 Å². The van der Waals surface area contributed by atoms with Gasteiger partial charge in [0, 0.05) is 0 Å². The van der Waals surface area contributed by atoms with E-state index < -0.39 is 11.7 Å². The molecule has 2 rings (SSSR count). The molecule has 1 aromatic carbocycles. The number of ketones is 1. The van der Waals surface area contributed by atoms with E-state index in [-0.39, 0.29) is 11.0 Å². The van der Waals surface area contributed by atoms with Crippen LogP contribution < -0.4 is 5.32 Å². The van der Waals surface area contributed by atoms with Gasteiger partial charge in [-0.2, -0.15) is 0 Å². The minimum Gasteiger partial charge on any atom is -0.412 e. The van der Waals surface area contributed by atoms with Crippen molar-refractivity contribution in [2.24, 2.45) is 0 Å². The fourth-order valence-electron chi connectivity index (χ4n) is 1.09. The number of rotatable bonds is 0. The molecule has 0 saturated carbocycles. The van der Waals surface area contributed by atoms with Gasteiger partial charge in [0.2, 0.25) is 0 Å². The van der Waals surface area contributed by atoms with Crippen molar-refractivity contribution in [1.29, 1.82) is 0 Å². The predicted octanol–water partition coefficient (Wildman–Crippen LogP) is -0.828. The summed E-state index contributed by atoms with van der Waals surface area (Å²) in [5.74, 6) is -0.980. The van der Waals surface area contributed by atoms with E-state index in [0.29, 0.717) is 11.3 Å². The maximum absolute atomic E-state index is 11.0. The van der Waals surface area contributed by atoms with Crippen molar-refractivity contribution < 1.29 is 20.5 Å². The Bertz CT molecular complexity index is 348. The fourth-order valence-corrected chi connectivity index (χ4v) is 1.09. The number of Topliss-reactive ketones (excluding diaryl/α,β-unsaturated/α-hetero) is 1. The summed E-state index contributed by atoms with van der Waals surface area (Å²) in [5, 5.41) is 2.46. The molecule has 0 fully saturated rings. The lowest BCUT2D eigenvalue weighted by Gasteiger charge is -1.91. The number of para-hydroxylation sites is 1. The van der Waals surface area contributed by atoms with Crippen molar-refractivity contribution >= 4 is 17.4 Å². The fraction of sp³-hybridized carbons (Fsp3) is 0. The van der Waals surface area contributed by atoms with Gasteiger partial charge in [-0.15, -0.1) is 0 Å². The third kappa shape index (κ3) is 1.56. The average molecular weight is 183 g/mol. The smallest absolute Gasteiger partial charge is 0.296 e. The minimum absolute atomic E-state index is 0. The maximum atomic E-state index is 11.0. The van der Waals surface area contributed by atoms with Crippen LogP contribution >= 0.6 is 0 Å². The number of anilines is 1. The van der Waals surface area contributed by atoms with E-state index >= 15 is 0 Å². The summed E-state index contributed by atoms with van der Waals surface area (Å²) in [6.07, 6.45) is 0. The molecule has 0 radical (unpaired) electrons. The summed E-state index contributed by atoms with van der Waals surface area (Å²) in [5.41, 5.74) is 1.08. The molecule has 0 spiro atoms. The number of amides is 1. The van der Waals surface area contributed by atoms with E-state index in [4.69, 9.17) is 0 Å². The molecule has 13 heavy (non-hydrogen) atoms. The van der Waals surface area contributed by atoms with Crippen LogP contribution in [-0.4, -0.2) is 22.6 Å². The first-order valence-corrected chi connectivity index (χ1v) is 3.24. The van der Waals surface area contributed by atoms with Crippen LogP contribution in [0, 0.1) is 0 Å². The third-order valence-electron chi connectivity index (χ3n) is 1.63. The summed E-state index contributed by atoms with van der Waals surface area (Å²) < 4.78 is 0. The van der Waals surface area contributed by atoms with E-state index in [0.717, 1.165) is 0 Å². The van der Waals surface area contributed by atoms with E-state index in [1.807, 2.05) is 0 Å². The molecule has 5 heteroatoms. The zero-order valence-corrected chi connectivity index (χ0v) is 6.63. The van der Waals surface area contributed by atoms with Gasteiger partial charge in [-0.1, -0.05) is 12.1 Å². The summed E-state index contributed by atoms with van der Waals surface area (Å²) in [7, 11) is 0. The molecule has 70 valence electrons. The Labute approximate surface area is 74.0 Å². The first-order valence-electron chi connectivity index (χ1n) is 3.24. The highest BCUT2D eigenvalue weighted by Crippen LogP contribution is 2.21. The first-order chi connectivity index (χ1) is 5.29. The van der Waals surface area contributed by atoms with Crippen molar-refractivity contribution in [3.05, 3.63) is 29.8 Å². The zero-order valence-electron chi connectivity index (χ0n) is 6.63. The van der Waals surface area contributed by atoms with Gasteiger partial charge in [-0.25, -0.2) is 0 Å². The second-order valence-electron chi connectivity index (χ2n) is 2.33. The van der Waals surface area contributed by atoms with E-state index in [2.05, 4.69) is 5.32 Å². The van der Waals surface area contributed by atoms with Crippen LogP contribution in [0.5, 0.6) is 0 Å². The maximum Gasteiger partial charge on any atom is 0.296 e. The topological polar surface area (TPSA) is 109 Å². The Morgan fingerprint density at radius 3 is 2.23 bits per heavy atom. The highest BCUT2D eigenvalue weighted by molar-refractivity contribution is 6.51. The van der Waals surface area contributed by atoms with Crippen LogP contribution in [0.4, 0.5) is 5.69 Å². The Morgan fingerprint density at radius 1 is 1.00 bits per heavy atom. The lowest BCUT2D eigenvalue weighted by Crippen LogP contribution is -2.12. The number of fused-ring (bicyclic) bond motifs is 1. The first kappa shape index (κ1) is 11.3. The van der Waals surface area contributed by atoms with Crippen LogP contribution in [-0.2, 0) is 4.79 Å². The summed E-state index contributed by atoms with van der Waals surface area (Å²) in [4.78, 5) is 21.8. The van der Waals surface area contributed by atoms with Crippen molar-refractivity contribution in [3.8, 4) is 0 Å². The highest BCUT2D eigenvalue weighted by atomic mass is 16.2. The molecule has 5 nitrogen and oxygen atoms in total. The molecular formula is C8H9NO4. The Morgan fingerprint density at radius 2 is 1.62 bits per heavy atom. The monoisotopic (exact) mass is 183 g/mol. The molecule has 0 atom stereocenters. The molecule has 0 saturated heterocycles. The Kier molecular flexibility index (Phi) is 3.29. The van der Waals surface area contributed by atoms with Gasteiger partial charge in [0.05, 0.1) is 11.3 Å². The van der Waals surface area contributed by atoms with Crippen molar-refractivity contribution in [2.75, 3.05) is 5.32 Å². The number of nitrogens with one attached hydrogen (secondary N) is 1. The molecular weight excluding hydrogens is 174 g/mol. The molecule has 1 aliphatic heterocycles.